The van der Waals surface area contributed by atoms with E-state index >= 15 is 0 Å². The fourth-order valence-corrected chi connectivity index (χ4v) is 2.28. The molecule has 1 N–H and O–H groups in total. The van der Waals surface area contributed by atoms with E-state index in [1.165, 1.54) is 0 Å². The van der Waals surface area contributed by atoms with Gasteiger partial charge in [-0.15, -0.1) is 5.10 Å². The maximum atomic E-state index is 5.68. The topological polar surface area (TPSA) is 46.1 Å². The second-order valence-corrected chi connectivity index (χ2v) is 4.99. The van der Waals surface area contributed by atoms with E-state index in [2.05, 4.69) is 35.9 Å². The van der Waals surface area contributed by atoms with Gasteiger partial charge in [0.1, 0.15) is 0 Å². The van der Waals surface area contributed by atoms with Crippen LogP contribution >= 0.6 is 12.2 Å². The summed E-state index contributed by atoms with van der Waals surface area (Å²) in [4.78, 5) is 2.22. The van der Waals surface area contributed by atoms with Gasteiger partial charge in [0.15, 0.2) is 4.77 Å². The van der Waals surface area contributed by atoms with E-state index in [4.69, 9.17) is 17.0 Å². The number of hydrogen-bond acceptors (Lipinski definition) is 4. The van der Waals surface area contributed by atoms with Crippen LogP contribution in [0, 0.1) is 4.77 Å². The Bertz CT molecular complexity index is 423. The van der Waals surface area contributed by atoms with Gasteiger partial charge in [-0.25, -0.2) is 5.10 Å². The summed E-state index contributed by atoms with van der Waals surface area (Å²) in [5.41, 5.74) is -0.121. The standard InChI is InChI=1S/C10H18N4OS/c1-4-14-8(11-12-9(14)16)13-5-6-15-10(2,3)7-13/h4-7H2,1-3H3,(H,12,16). The van der Waals surface area contributed by atoms with E-state index < -0.39 is 0 Å². The predicted molar refractivity (Wildman–Crippen MR) is 65.3 cm³/mol. The van der Waals surface area contributed by atoms with Crippen molar-refractivity contribution in [2.45, 2.75) is 32.9 Å². The molecule has 1 fully saturated rings. The van der Waals surface area contributed by atoms with Crippen molar-refractivity contribution in [1.82, 2.24) is 14.8 Å². The summed E-state index contributed by atoms with van der Waals surface area (Å²) in [5.74, 6) is 0.920. The van der Waals surface area contributed by atoms with E-state index in [1.807, 2.05) is 4.57 Å². The maximum Gasteiger partial charge on any atom is 0.225 e. The molecule has 5 nitrogen and oxygen atoms in total. The molecule has 90 valence electrons. The number of aromatic nitrogens is 3. The Labute approximate surface area is 100 Å². The molecule has 0 radical (unpaired) electrons. The number of morpholine rings is 1. The predicted octanol–water partition coefficient (Wildman–Crippen LogP) is 1.58. The van der Waals surface area contributed by atoms with Crippen molar-refractivity contribution in [1.29, 1.82) is 0 Å². The van der Waals surface area contributed by atoms with Crippen LogP contribution < -0.4 is 4.90 Å². The minimum atomic E-state index is -0.121. The van der Waals surface area contributed by atoms with Crippen LogP contribution in [0.15, 0.2) is 0 Å². The number of ether oxygens (including phenoxy) is 1. The zero-order valence-electron chi connectivity index (χ0n) is 9.99. The Kier molecular flexibility index (Phi) is 3.03. The van der Waals surface area contributed by atoms with Gasteiger partial charge in [-0.1, -0.05) is 0 Å². The summed E-state index contributed by atoms with van der Waals surface area (Å²) in [5, 5.41) is 7.14. The van der Waals surface area contributed by atoms with Crippen molar-refractivity contribution in [3.8, 4) is 0 Å². The molecule has 2 rings (SSSR count). The molecule has 0 amide bonds. The van der Waals surface area contributed by atoms with Gasteiger partial charge in [-0.2, -0.15) is 0 Å². The zero-order chi connectivity index (χ0) is 11.8. The van der Waals surface area contributed by atoms with Gasteiger partial charge in [0.05, 0.1) is 12.2 Å². The summed E-state index contributed by atoms with van der Waals surface area (Å²) in [7, 11) is 0. The van der Waals surface area contributed by atoms with Gasteiger partial charge in [0, 0.05) is 19.6 Å². The third-order valence-electron chi connectivity index (χ3n) is 2.76. The third-order valence-corrected chi connectivity index (χ3v) is 3.07. The Hall–Kier alpha value is -0.880. The number of nitrogens with one attached hydrogen (secondary N) is 1. The van der Waals surface area contributed by atoms with Crippen LogP contribution in [0.3, 0.4) is 0 Å². The molecule has 6 heteroatoms. The average Bonchev–Trinajstić information content (AvgIpc) is 2.58. The molecule has 2 heterocycles. The minimum Gasteiger partial charge on any atom is -0.372 e. The number of anilines is 1. The first kappa shape index (κ1) is 11.6. The summed E-state index contributed by atoms with van der Waals surface area (Å²) in [6.07, 6.45) is 0. The highest BCUT2D eigenvalue weighted by atomic mass is 32.1. The molecule has 1 aliphatic heterocycles. The second-order valence-electron chi connectivity index (χ2n) is 4.60. The van der Waals surface area contributed by atoms with Crippen LogP contribution in [-0.4, -0.2) is 40.1 Å². The molecule has 0 unspecified atom stereocenters. The first-order chi connectivity index (χ1) is 7.53. The van der Waals surface area contributed by atoms with Crippen LogP contribution in [0.25, 0.3) is 0 Å². The highest BCUT2D eigenvalue weighted by Gasteiger charge is 2.29. The van der Waals surface area contributed by atoms with Crippen LogP contribution in [0.1, 0.15) is 20.8 Å². The van der Waals surface area contributed by atoms with Crippen LogP contribution in [-0.2, 0) is 11.3 Å². The van der Waals surface area contributed by atoms with Gasteiger partial charge in [0.25, 0.3) is 0 Å². The number of hydrogen-bond donors (Lipinski definition) is 1. The number of rotatable bonds is 2. The SMILES string of the molecule is CCn1c(N2CCOC(C)(C)C2)n[nH]c1=S. The molecule has 1 saturated heterocycles. The fraction of sp³-hybridized carbons (Fsp3) is 0.800. The molecular formula is C10H18N4OS. The van der Waals surface area contributed by atoms with Gasteiger partial charge >= 0.3 is 0 Å². The number of aromatic amines is 1. The molecular weight excluding hydrogens is 224 g/mol. The minimum absolute atomic E-state index is 0.121. The van der Waals surface area contributed by atoms with Gasteiger partial charge in [0.2, 0.25) is 5.95 Å². The molecule has 1 aromatic rings. The van der Waals surface area contributed by atoms with Crippen LogP contribution in [0.5, 0.6) is 0 Å². The van der Waals surface area contributed by atoms with Crippen molar-refractivity contribution in [2.24, 2.45) is 0 Å². The van der Waals surface area contributed by atoms with Gasteiger partial charge in [-0.05, 0) is 33.0 Å². The Morgan fingerprint density at radius 2 is 2.31 bits per heavy atom. The number of nitrogens with zero attached hydrogens (tertiary/aromatic N) is 3. The molecule has 0 bridgehead atoms. The lowest BCUT2D eigenvalue weighted by molar-refractivity contribution is -0.0283. The largest absolute Gasteiger partial charge is 0.372 e. The lowest BCUT2D eigenvalue weighted by Gasteiger charge is -2.38. The molecule has 1 aliphatic rings. The molecule has 0 aliphatic carbocycles. The van der Waals surface area contributed by atoms with Crippen molar-refractivity contribution in [3.05, 3.63) is 4.77 Å². The fourth-order valence-electron chi connectivity index (χ4n) is 2.02. The van der Waals surface area contributed by atoms with E-state index in [-0.39, 0.29) is 5.60 Å². The second kappa shape index (κ2) is 4.18. The highest BCUT2D eigenvalue weighted by molar-refractivity contribution is 7.71. The Morgan fingerprint density at radius 1 is 1.56 bits per heavy atom. The Balaban J connectivity index is 2.27. The van der Waals surface area contributed by atoms with E-state index in [9.17, 15) is 0 Å². The van der Waals surface area contributed by atoms with Gasteiger partial charge < -0.3 is 9.64 Å². The molecule has 1 aromatic heterocycles. The molecule has 0 aromatic carbocycles. The van der Waals surface area contributed by atoms with Crippen molar-refractivity contribution >= 4 is 18.2 Å². The highest BCUT2D eigenvalue weighted by Crippen LogP contribution is 2.21. The van der Waals surface area contributed by atoms with E-state index in [0.717, 1.165) is 32.2 Å². The molecule has 0 atom stereocenters. The average molecular weight is 242 g/mol. The van der Waals surface area contributed by atoms with Crippen molar-refractivity contribution in [3.63, 3.8) is 0 Å². The molecule has 16 heavy (non-hydrogen) atoms. The lowest BCUT2D eigenvalue weighted by Crippen LogP contribution is -2.49. The van der Waals surface area contributed by atoms with Crippen molar-refractivity contribution in [2.75, 3.05) is 24.6 Å². The summed E-state index contributed by atoms with van der Waals surface area (Å²) in [6.45, 7) is 9.53. The first-order valence-corrected chi connectivity index (χ1v) is 5.98. The number of H-pyrrole nitrogens is 1. The zero-order valence-corrected chi connectivity index (χ0v) is 10.8. The summed E-state index contributed by atoms with van der Waals surface area (Å²) >= 11 is 5.19. The van der Waals surface area contributed by atoms with E-state index in [0.29, 0.717) is 4.77 Å². The van der Waals surface area contributed by atoms with Crippen molar-refractivity contribution < 1.29 is 4.74 Å². The summed E-state index contributed by atoms with van der Waals surface area (Å²) in [6, 6.07) is 0. The quantitative estimate of drug-likeness (QED) is 0.800. The van der Waals surface area contributed by atoms with Crippen LogP contribution in [0.4, 0.5) is 5.95 Å². The normalized spacial score (nSPS) is 20.1. The van der Waals surface area contributed by atoms with Gasteiger partial charge in [-0.3, -0.25) is 4.57 Å². The van der Waals surface area contributed by atoms with E-state index in [1.54, 1.807) is 0 Å². The molecule has 0 spiro atoms. The monoisotopic (exact) mass is 242 g/mol. The third kappa shape index (κ3) is 2.12. The van der Waals surface area contributed by atoms with Crippen LogP contribution in [0.2, 0.25) is 0 Å². The molecule has 0 saturated carbocycles. The smallest absolute Gasteiger partial charge is 0.225 e. The lowest BCUT2D eigenvalue weighted by atomic mass is 10.1. The Morgan fingerprint density at radius 3 is 2.94 bits per heavy atom. The first-order valence-electron chi connectivity index (χ1n) is 5.57. The maximum absolute atomic E-state index is 5.68. The summed E-state index contributed by atoms with van der Waals surface area (Å²) < 4.78 is 8.38.